The molecule has 1 N–H and O–H groups in total. The summed E-state index contributed by atoms with van der Waals surface area (Å²) in [6.07, 6.45) is -4.61. The van der Waals surface area contributed by atoms with Gasteiger partial charge in [-0.25, -0.2) is 4.98 Å². The van der Waals surface area contributed by atoms with Crippen LogP contribution in [0.25, 0.3) is 11.3 Å². The fourth-order valence-corrected chi connectivity index (χ4v) is 2.16. The van der Waals surface area contributed by atoms with Crippen LogP contribution in [0.15, 0.2) is 24.3 Å². The fourth-order valence-electron chi connectivity index (χ4n) is 1.44. The average molecular weight is 325 g/mol. The van der Waals surface area contributed by atoms with E-state index in [1.165, 1.54) is 24.3 Å². The van der Waals surface area contributed by atoms with Crippen molar-refractivity contribution >= 4 is 35.4 Å². The van der Waals surface area contributed by atoms with E-state index in [0.717, 1.165) is 0 Å². The molecule has 0 aliphatic rings. The molecule has 1 aromatic heterocycles. The number of H-pyrrole nitrogens is 1. The smallest absolute Gasteiger partial charge is 0.335 e. The molecule has 0 amide bonds. The van der Waals surface area contributed by atoms with Gasteiger partial charge in [0.25, 0.3) is 0 Å². The van der Waals surface area contributed by atoms with E-state index in [9.17, 15) is 13.2 Å². The van der Waals surface area contributed by atoms with Gasteiger partial charge >= 0.3 is 6.18 Å². The van der Waals surface area contributed by atoms with Crippen LogP contribution in [0.3, 0.4) is 0 Å². The fraction of sp³-hybridized carbons (Fsp3) is 0.0909. The van der Waals surface area contributed by atoms with Crippen molar-refractivity contribution < 1.29 is 13.2 Å². The highest BCUT2D eigenvalue weighted by Crippen LogP contribution is 2.32. The first-order valence-corrected chi connectivity index (χ1v) is 6.08. The Morgan fingerprint density at radius 3 is 2.42 bits per heavy atom. The lowest BCUT2D eigenvalue weighted by atomic mass is 10.1. The summed E-state index contributed by atoms with van der Waals surface area (Å²) >= 11 is 16.4. The molecular formula is C11H5Cl2F3N2S. The first-order chi connectivity index (χ1) is 8.77. The Morgan fingerprint density at radius 1 is 1.16 bits per heavy atom. The SMILES string of the molecule is FC(F)(F)c1nc(=S)cc(-c2ccc(Cl)cc2Cl)[nH]1. The first-order valence-electron chi connectivity index (χ1n) is 4.91. The molecule has 1 heterocycles. The standard InChI is InChI=1S/C11H5Cl2F3N2S/c12-5-1-2-6(7(13)3-5)8-4-9(19)18-10(17-8)11(14,15)16/h1-4H,(H,17,18,19). The highest BCUT2D eigenvalue weighted by atomic mass is 35.5. The summed E-state index contributed by atoms with van der Waals surface area (Å²) in [6.45, 7) is 0. The van der Waals surface area contributed by atoms with Gasteiger partial charge in [-0.05, 0) is 24.3 Å². The van der Waals surface area contributed by atoms with Gasteiger partial charge in [0.2, 0.25) is 5.82 Å². The molecule has 19 heavy (non-hydrogen) atoms. The Balaban J connectivity index is 2.63. The van der Waals surface area contributed by atoms with Crippen LogP contribution >= 0.6 is 35.4 Å². The molecule has 0 saturated carbocycles. The van der Waals surface area contributed by atoms with Crippen molar-refractivity contribution in [2.24, 2.45) is 0 Å². The van der Waals surface area contributed by atoms with Gasteiger partial charge in [-0.3, -0.25) is 0 Å². The zero-order valence-electron chi connectivity index (χ0n) is 9.05. The Hall–Kier alpha value is -1.11. The van der Waals surface area contributed by atoms with Crippen molar-refractivity contribution in [3.05, 3.63) is 44.8 Å². The second-order valence-corrected chi connectivity index (χ2v) is 4.87. The van der Waals surface area contributed by atoms with Crippen LogP contribution in [0.5, 0.6) is 0 Å². The van der Waals surface area contributed by atoms with Gasteiger partial charge in [0.05, 0.1) is 10.7 Å². The van der Waals surface area contributed by atoms with Crippen molar-refractivity contribution in [3.63, 3.8) is 0 Å². The summed E-state index contributed by atoms with van der Waals surface area (Å²) in [5.74, 6) is -1.17. The van der Waals surface area contributed by atoms with Crippen LogP contribution in [0.4, 0.5) is 13.2 Å². The molecule has 0 atom stereocenters. The number of hydrogen-bond donors (Lipinski definition) is 1. The van der Waals surface area contributed by atoms with Crippen LogP contribution in [-0.2, 0) is 6.18 Å². The molecule has 1 aromatic carbocycles. The third kappa shape index (κ3) is 3.26. The third-order valence-corrected chi connectivity index (χ3v) is 2.99. The van der Waals surface area contributed by atoms with E-state index in [2.05, 4.69) is 9.97 Å². The second-order valence-electron chi connectivity index (χ2n) is 3.60. The highest BCUT2D eigenvalue weighted by Gasteiger charge is 2.34. The van der Waals surface area contributed by atoms with E-state index < -0.39 is 12.0 Å². The quantitative estimate of drug-likeness (QED) is 0.736. The number of aromatic nitrogens is 2. The van der Waals surface area contributed by atoms with Gasteiger partial charge in [-0.1, -0.05) is 35.4 Å². The summed E-state index contributed by atoms with van der Waals surface area (Å²) < 4.78 is 37.7. The van der Waals surface area contributed by atoms with E-state index in [0.29, 0.717) is 10.6 Å². The van der Waals surface area contributed by atoms with E-state index in [4.69, 9.17) is 35.4 Å². The lowest BCUT2D eigenvalue weighted by Crippen LogP contribution is -2.11. The molecule has 0 bridgehead atoms. The lowest BCUT2D eigenvalue weighted by molar-refractivity contribution is -0.144. The van der Waals surface area contributed by atoms with Gasteiger partial charge < -0.3 is 4.98 Å². The van der Waals surface area contributed by atoms with Crippen LogP contribution in [0, 0.1) is 4.64 Å². The van der Waals surface area contributed by atoms with Crippen molar-refractivity contribution in [1.29, 1.82) is 0 Å². The number of aromatic amines is 1. The zero-order valence-corrected chi connectivity index (χ0v) is 11.4. The van der Waals surface area contributed by atoms with Gasteiger partial charge in [0.15, 0.2) is 0 Å². The molecule has 0 saturated heterocycles. The minimum absolute atomic E-state index is 0.133. The van der Waals surface area contributed by atoms with Crippen molar-refractivity contribution in [3.8, 4) is 11.3 Å². The molecule has 0 radical (unpaired) electrons. The van der Waals surface area contributed by atoms with Crippen molar-refractivity contribution in [2.75, 3.05) is 0 Å². The topological polar surface area (TPSA) is 28.7 Å². The predicted molar refractivity (Wildman–Crippen MR) is 69.9 cm³/mol. The van der Waals surface area contributed by atoms with E-state index >= 15 is 0 Å². The summed E-state index contributed by atoms with van der Waals surface area (Å²) in [4.78, 5) is 5.41. The number of rotatable bonds is 1. The average Bonchev–Trinajstić information content (AvgIpc) is 2.26. The van der Waals surface area contributed by atoms with E-state index in [-0.39, 0.29) is 15.4 Å². The summed E-state index contributed by atoms with van der Waals surface area (Å²) in [5.41, 5.74) is 0.499. The Labute approximate surface area is 121 Å². The lowest BCUT2D eigenvalue weighted by Gasteiger charge is -2.10. The molecule has 2 nitrogen and oxygen atoms in total. The molecular weight excluding hydrogens is 320 g/mol. The molecule has 0 fully saturated rings. The van der Waals surface area contributed by atoms with Crippen LogP contribution in [0.1, 0.15) is 5.82 Å². The number of nitrogens with zero attached hydrogens (tertiary/aromatic N) is 1. The van der Waals surface area contributed by atoms with Gasteiger partial charge in [-0.2, -0.15) is 13.2 Å². The largest absolute Gasteiger partial charge is 0.449 e. The molecule has 100 valence electrons. The van der Waals surface area contributed by atoms with E-state index in [1.807, 2.05) is 0 Å². The molecule has 0 spiro atoms. The van der Waals surface area contributed by atoms with Crippen LogP contribution in [0.2, 0.25) is 10.0 Å². The third-order valence-electron chi connectivity index (χ3n) is 2.23. The molecule has 2 rings (SSSR count). The van der Waals surface area contributed by atoms with Gasteiger partial charge in [0.1, 0.15) is 4.64 Å². The molecule has 8 heteroatoms. The van der Waals surface area contributed by atoms with Crippen LogP contribution < -0.4 is 0 Å². The summed E-state index contributed by atoms with van der Waals surface area (Å²) in [5, 5.41) is 0.606. The monoisotopic (exact) mass is 324 g/mol. The number of halogens is 5. The van der Waals surface area contributed by atoms with Gasteiger partial charge in [0, 0.05) is 10.6 Å². The zero-order chi connectivity index (χ0) is 14.2. The molecule has 0 aliphatic carbocycles. The molecule has 0 aliphatic heterocycles. The maximum Gasteiger partial charge on any atom is 0.449 e. The Morgan fingerprint density at radius 2 is 1.84 bits per heavy atom. The van der Waals surface area contributed by atoms with Crippen molar-refractivity contribution in [1.82, 2.24) is 9.97 Å². The summed E-state index contributed by atoms with van der Waals surface area (Å²) in [7, 11) is 0. The van der Waals surface area contributed by atoms with E-state index in [1.54, 1.807) is 0 Å². The summed E-state index contributed by atoms with van der Waals surface area (Å²) in [6, 6.07) is 5.77. The predicted octanol–water partition coefficient (Wildman–Crippen LogP) is 5.13. The number of alkyl halides is 3. The van der Waals surface area contributed by atoms with Gasteiger partial charge in [-0.15, -0.1) is 0 Å². The second kappa shape index (κ2) is 5.11. The number of nitrogens with one attached hydrogen (secondary N) is 1. The normalized spacial score (nSPS) is 11.6. The number of hydrogen-bond acceptors (Lipinski definition) is 2. The maximum absolute atomic E-state index is 12.6. The Bertz CT molecular complexity index is 682. The maximum atomic E-state index is 12.6. The molecule has 2 aromatic rings. The molecule has 0 unspecified atom stereocenters. The van der Waals surface area contributed by atoms with Crippen LogP contribution in [-0.4, -0.2) is 9.97 Å². The highest BCUT2D eigenvalue weighted by molar-refractivity contribution is 7.71. The first kappa shape index (κ1) is 14.3. The minimum Gasteiger partial charge on any atom is -0.335 e. The Kier molecular flexibility index (Phi) is 3.85. The number of benzene rings is 1. The minimum atomic E-state index is -4.61. The van der Waals surface area contributed by atoms with Crippen molar-refractivity contribution in [2.45, 2.75) is 6.18 Å².